The predicted octanol–water partition coefficient (Wildman–Crippen LogP) is 2.51. The number of amides is 1. The number of halogens is 2. The summed E-state index contributed by atoms with van der Waals surface area (Å²) in [5.74, 6) is -0.573. The Morgan fingerprint density at radius 3 is 2.71 bits per heavy atom. The molecule has 6 heteroatoms. The highest BCUT2D eigenvalue weighted by Crippen LogP contribution is 2.31. The maximum absolute atomic E-state index is 13.7. The summed E-state index contributed by atoms with van der Waals surface area (Å²) < 4.78 is 19.0. The van der Waals surface area contributed by atoms with Crippen LogP contribution >= 0.6 is 12.4 Å². The van der Waals surface area contributed by atoms with Gasteiger partial charge in [-0.25, -0.2) is 4.39 Å². The van der Waals surface area contributed by atoms with Crippen molar-refractivity contribution in [3.8, 4) is 0 Å². The minimum Gasteiger partial charge on any atom is -0.384 e. The predicted molar refractivity (Wildman–Crippen MR) is 83.4 cm³/mol. The van der Waals surface area contributed by atoms with Crippen molar-refractivity contribution >= 4 is 24.0 Å². The average Bonchev–Trinajstić information content (AvgIpc) is 2.44. The second-order valence-corrected chi connectivity index (χ2v) is 5.40. The number of nitrogens with one attached hydrogen (secondary N) is 2. The molecule has 1 fully saturated rings. The zero-order valence-corrected chi connectivity index (χ0v) is 13.2. The van der Waals surface area contributed by atoms with E-state index in [2.05, 4.69) is 10.6 Å². The lowest BCUT2D eigenvalue weighted by atomic mass is 9.78. The van der Waals surface area contributed by atoms with Gasteiger partial charge in [0.05, 0.1) is 17.7 Å². The Morgan fingerprint density at radius 1 is 1.43 bits per heavy atom. The van der Waals surface area contributed by atoms with E-state index in [9.17, 15) is 9.18 Å². The van der Waals surface area contributed by atoms with Gasteiger partial charge in [0.25, 0.3) is 0 Å². The number of ether oxygens (including phenoxy) is 1. The maximum Gasteiger partial charge on any atom is 0.233 e. The van der Waals surface area contributed by atoms with Gasteiger partial charge in [0, 0.05) is 7.11 Å². The van der Waals surface area contributed by atoms with Gasteiger partial charge in [0.2, 0.25) is 5.91 Å². The van der Waals surface area contributed by atoms with Gasteiger partial charge in [-0.3, -0.25) is 4.79 Å². The summed E-state index contributed by atoms with van der Waals surface area (Å²) in [5, 5.41) is 5.95. The van der Waals surface area contributed by atoms with Gasteiger partial charge in [-0.05, 0) is 50.6 Å². The van der Waals surface area contributed by atoms with Crippen LogP contribution in [0.2, 0.25) is 0 Å². The second-order valence-electron chi connectivity index (χ2n) is 5.40. The third-order valence-corrected chi connectivity index (χ3v) is 3.83. The molecule has 1 aromatic carbocycles. The lowest BCUT2D eigenvalue weighted by Gasteiger charge is -2.35. The largest absolute Gasteiger partial charge is 0.384 e. The quantitative estimate of drug-likeness (QED) is 0.897. The zero-order chi connectivity index (χ0) is 14.6. The second kappa shape index (κ2) is 7.73. The van der Waals surface area contributed by atoms with Crippen molar-refractivity contribution in [1.82, 2.24) is 5.32 Å². The third-order valence-electron chi connectivity index (χ3n) is 3.83. The van der Waals surface area contributed by atoms with Crippen LogP contribution in [0.25, 0.3) is 0 Å². The first kappa shape index (κ1) is 17.9. The normalized spacial score (nSPS) is 16.9. The Kier molecular flexibility index (Phi) is 6.58. The van der Waals surface area contributed by atoms with Gasteiger partial charge in [-0.2, -0.15) is 0 Å². The fourth-order valence-electron chi connectivity index (χ4n) is 2.61. The Labute approximate surface area is 130 Å². The Hall–Kier alpha value is -1.17. The summed E-state index contributed by atoms with van der Waals surface area (Å²) in [6.07, 6.45) is 1.39. The van der Waals surface area contributed by atoms with Crippen molar-refractivity contribution in [2.24, 2.45) is 5.41 Å². The van der Waals surface area contributed by atoms with E-state index >= 15 is 0 Å². The number of piperidine rings is 1. The molecule has 4 nitrogen and oxygen atoms in total. The molecule has 2 rings (SSSR count). The van der Waals surface area contributed by atoms with Gasteiger partial charge in [-0.1, -0.05) is 6.07 Å². The van der Waals surface area contributed by atoms with Crippen LogP contribution in [-0.2, 0) is 9.53 Å². The molecule has 0 aliphatic carbocycles. The number of benzene rings is 1. The molecule has 118 valence electrons. The zero-order valence-electron chi connectivity index (χ0n) is 12.4. The fraction of sp³-hybridized carbons (Fsp3) is 0.533. The fourth-order valence-corrected chi connectivity index (χ4v) is 2.61. The summed E-state index contributed by atoms with van der Waals surface area (Å²) in [6, 6.07) is 4.70. The maximum atomic E-state index is 13.7. The van der Waals surface area contributed by atoms with Crippen LogP contribution in [0, 0.1) is 18.2 Å². The Bertz CT molecular complexity index is 485. The minimum absolute atomic E-state index is 0. The molecule has 0 bridgehead atoms. The molecular weight excluding hydrogens is 295 g/mol. The summed E-state index contributed by atoms with van der Waals surface area (Å²) in [5.41, 5.74) is 0.577. The summed E-state index contributed by atoms with van der Waals surface area (Å²) >= 11 is 0. The first-order valence-corrected chi connectivity index (χ1v) is 6.85. The molecule has 1 aromatic rings. The molecular formula is C15H22ClFN2O2. The van der Waals surface area contributed by atoms with E-state index in [0.717, 1.165) is 18.7 Å². The van der Waals surface area contributed by atoms with Crippen LogP contribution in [0.5, 0.6) is 0 Å². The molecule has 0 atom stereocenters. The van der Waals surface area contributed by atoms with E-state index < -0.39 is 11.2 Å². The van der Waals surface area contributed by atoms with Crippen LogP contribution in [0.15, 0.2) is 18.2 Å². The number of aryl methyl sites for hydroxylation is 1. The topological polar surface area (TPSA) is 50.4 Å². The first-order valence-electron chi connectivity index (χ1n) is 6.85. The lowest BCUT2D eigenvalue weighted by molar-refractivity contribution is -0.130. The van der Waals surface area contributed by atoms with Gasteiger partial charge >= 0.3 is 0 Å². The molecule has 0 saturated carbocycles. The molecule has 1 heterocycles. The number of carbonyl (C=O) groups excluding carboxylic acids is 1. The standard InChI is InChI=1S/C15H21FN2O2.ClH/c1-11-3-4-12(16)13(9-11)18-14(19)15(10-20-2)5-7-17-8-6-15;/h3-4,9,17H,5-8,10H2,1-2H3,(H,18,19);1H. The summed E-state index contributed by atoms with van der Waals surface area (Å²) in [4.78, 5) is 12.6. The highest BCUT2D eigenvalue weighted by atomic mass is 35.5. The number of anilines is 1. The summed E-state index contributed by atoms with van der Waals surface area (Å²) in [6.45, 7) is 3.76. The first-order chi connectivity index (χ1) is 9.57. The Morgan fingerprint density at radius 2 is 2.10 bits per heavy atom. The molecule has 1 aliphatic rings. The van der Waals surface area contributed by atoms with Gasteiger partial charge < -0.3 is 15.4 Å². The van der Waals surface area contributed by atoms with Crippen molar-refractivity contribution in [1.29, 1.82) is 0 Å². The van der Waals surface area contributed by atoms with Crippen LogP contribution in [-0.4, -0.2) is 32.7 Å². The Balaban J connectivity index is 0.00000220. The number of hydrogen-bond acceptors (Lipinski definition) is 3. The number of methoxy groups -OCH3 is 1. The number of rotatable bonds is 4. The number of carbonyl (C=O) groups is 1. The van der Waals surface area contributed by atoms with Crippen LogP contribution < -0.4 is 10.6 Å². The average molecular weight is 317 g/mol. The molecule has 21 heavy (non-hydrogen) atoms. The number of hydrogen-bond donors (Lipinski definition) is 2. The lowest BCUT2D eigenvalue weighted by Crippen LogP contribution is -2.47. The van der Waals surface area contributed by atoms with E-state index in [1.54, 1.807) is 19.2 Å². The van der Waals surface area contributed by atoms with Crippen molar-refractivity contribution in [2.75, 3.05) is 32.1 Å². The van der Waals surface area contributed by atoms with Gasteiger partial charge in [0.1, 0.15) is 5.82 Å². The van der Waals surface area contributed by atoms with E-state index in [0.29, 0.717) is 19.4 Å². The van der Waals surface area contributed by atoms with Crippen molar-refractivity contribution in [2.45, 2.75) is 19.8 Å². The molecule has 1 amide bonds. The third kappa shape index (κ3) is 4.15. The molecule has 2 N–H and O–H groups in total. The SMILES string of the molecule is COCC1(C(=O)Nc2cc(C)ccc2F)CCNCC1.Cl. The van der Waals surface area contributed by atoms with Crippen LogP contribution in [0.3, 0.4) is 0 Å². The molecule has 0 radical (unpaired) electrons. The van der Waals surface area contributed by atoms with Gasteiger partial charge in [-0.15, -0.1) is 12.4 Å². The van der Waals surface area contributed by atoms with Crippen LogP contribution in [0.1, 0.15) is 18.4 Å². The van der Waals surface area contributed by atoms with E-state index in [4.69, 9.17) is 4.74 Å². The highest BCUT2D eigenvalue weighted by molar-refractivity contribution is 5.95. The molecule has 1 saturated heterocycles. The van der Waals surface area contributed by atoms with E-state index in [1.165, 1.54) is 6.07 Å². The molecule has 1 aliphatic heterocycles. The molecule has 0 unspecified atom stereocenters. The molecule has 0 aromatic heterocycles. The molecule has 0 spiro atoms. The van der Waals surface area contributed by atoms with Crippen molar-refractivity contribution < 1.29 is 13.9 Å². The van der Waals surface area contributed by atoms with Crippen LogP contribution in [0.4, 0.5) is 10.1 Å². The van der Waals surface area contributed by atoms with Crippen molar-refractivity contribution in [3.63, 3.8) is 0 Å². The summed E-state index contributed by atoms with van der Waals surface area (Å²) in [7, 11) is 1.59. The van der Waals surface area contributed by atoms with E-state index in [-0.39, 0.29) is 24.0 Å². The highest BCUT2D eigenvalue weighted by Gasteiger charge is 2.39. The monoisotopic (exact) mass is 316 g/mol. The smallest absolute Gasteiger partial charge is 0.233 e. The van der Waals surface area contributed by atoms with Crippen molar-refractivity contribution in [3.05, 3.63) is 29.6 Å². The van der Waals surface area contributed by atoms with E-state index in [1.807, 2.05) is 6.92 Å². The minimum atomic E-state index is -0.573. The van der Waals surface area contributed by atoms with Gasteiger partial charge in [0.15, 0.2) is 0 Å².